The smallest absolute Gasteiger partial charge is 0.412 e. The van der Waals surface area contributed by atoms with Crippen LogP contribution >= 0.6 is 11.3 Å². The fourth-order valence-electron chi connectivity index (χ4n) is 4.93. The number of carbonyl (C=O) groups is 2. The van der Waals surface area contributed by atoms with Gasteiger partial charge in [0, 0.05) is 24.6 Å². The third-order valence-corrected chi connectivity index (χ3v) is 8.00. The Labute approximate surface area is 243 Å². The van der Waals surface area contributed by atoms with E-state index >= 15 is 4.39 Å². The molecule has 5 aromatic rings. The average molecular weight is 588 g/mol. The number of benzene rings is 2. The molecular formula is C30H26FN5O5S. The zero-order valence-corrected chi connectivity index (χ0v) is 23.8. The number of methoxy groups -OCH3 is 1. The van der Waals surface area contributed by atoms with Gasteiger partial charge in [0.1, 0.15) is 22.9 Å². The summed E-state index contributed by atoms with van der Waals surface area (Å²) in [5, 5.41) is 3.29. The van der Waals surface area contributed by atoms with Crippen molar-refractivity contribution in [3.05, 3.63) is 65.9 Å². The van der Waals surface area contributed by atoms with Crippen LogP contribution in [0.2, 0.25) is 0 Å². The summed E-state index contributed by atoms with van der Waals surface area (Å²) in [6.07, 6.45) is 3.14. The molecule has 0 spiro atoms. The van der Waals surface area contributed by atoms with Gasteiger partial charge in [-0.3, -0.25) is 15.1 Å². The zero-order chi connectivity index (χ0) is 29.4. The molecule has 0 bridgehead atoms. The van der Waals surface area contributed by atoms with Gasteiger partial charge in [-0.25, -0.2) is 24.1 Å². The monoisotopic (exact) mass is 587 g/mol. The first-order valence-electron chi connectivity index (χ1n) is 13.3. The number of nitrogens with one attached hydrogen (secondary N) is 1. The number of aryl methyl sites for hydroxylation is 1. The van der Waals surface area contributed by atoms with Crippen molar-refractivity contribution in [2.24, 2.45) is 0 Å². The van der Waals surface area contributed by atoms with Gasteiger partial charge in [0.15, 0.2) is 17.3 Å². The van der Waals surface area contributed by atoms with Crippen LogP contribution in [0.15, 0.2) is 48.8 Å². The number of hydrogen-bond donors (Lipinski definition) is 1. The van der Waals surface area contributed by atoms with Gasteiger partial charge in [0.25, 0.3) is 0 Å². The Morgan fingerprint density at radius 3 is 2.62 bits per heavy atom. The van der Waals surface area contributed by atoms with Gasteiger partial charge >= 0.3 is 6.09 Å². The first-order chi connectivity index (χ1) is 20.3. The van der Waals surface area contributed by atoms with Crippen LogP contribution in [0.5, 0.6) is 11.6 Å². The molecule has 2 atom stereocenters. The number of pyridine rings is 1. The lowest BCUT2D eigenvalue weighted by Crippen LogP contribution is -2.32. The number of aromatic nitrogens is 4. The Hall–Kier alpha value is -4.71. The molecule has 1 saturated carbocycles. The van der Waals surface area contributed by atoms with E-state index in [9.17, 15) is 9.59 Å². The molecule has 1 aliphatic rings. The zero-order valence-electron chi connectivity index (χ0n) is 23.0. The lowest BCUT2D eigenvalue weighted by Gasteiger charge is -2.22. The van der Waals surface area contributed by atoms with Gasteiger partial charge in [0.2, 0.25) is 5.88 Å². The van der Waals surface area contributed by atoms with Crippen molar-refractivity contribution in [2.45, 2.75) is 45.3 Å². The predicted molar refractivity (Wildman–Crippen MR) is 156 cm³/mol. The Morgan fingerprint density at radius 2 is 1.86 bits per heavy atom. The first kappa shape index (κ1) is 27.5. The van der Waals surface area contributed by atoms with Crippen molar-refractivity contribution >= 4 is 50.2 Å². The largest absolute Gasteiger partial charge is 0.483 e. The molecule has 42 heavy (non-hydrogen) atoms. The van der Waals surface area contributed by atoms with Crippen LogP contribution in [-0.2, 0) is 4.74 Å². The minimum Gasteiger partial charge on any atom is -0.483 e. The second kappa shape index (κ2) is 11.3. The molecule has 3 heterocycles. The number of carbonyl (C=O) groups excluding carboxylic acids is 2. The molecular weight excluding hydrogens is 561 g/mol. The third-order valence-electron chi connectivity index (χ3n) is 6.95. The summed E-state index contributed by atoms with van der Waals surface area (Å²) in [6.45, 7) is 3.38. The Bertz CT molecular complexity index is 1830. The normalized spacial score (nSPS) is 16.5. The summed E-state index contributed by atoms with van der Waals surface area (Å²) in [5.41, 5.74) is 4.32. The molecule has 0 aliphatic heterocycles. The van der Waals surface area contributed by atoms with Crippen LogP contribution in [0.4, 0.5) is 14.9 Å². The average Bonchev–Trinajstić information content (AvgIpc) is 3.58. The van der Waals surface area contributed by atoms with E-state index in [2.05, 4.69) is 25.3 Å². The number of hydrogen-bond acceptors (Lipinski definition) is 10. The van der Waals surface area contributed by atoms with E-state index in [1.807, 2.05) is 19.1 Å². The minimum atomic E-state index is -0.679. The Morgan fingerprint density at radius 1 is 1.02 bits per heavy atom. The van der Waals surface area contributed by atoms with E-state index in [1.54, 1.807) is 18.3 Å². The highest BCUT2D eigenvalue weighted by Gasteiger charge is 2.33. The molecule has 10 nitrogen and oxygen atoms in total. The maximum absolute atomic E-state index is 15.2. The summed E-state index contributed by atoms with van der Waals surface area (Å²) in [7, 11) is 1.54. The van der Waals surface area contributed by atoms with Crippen molar-refractivity contribution in [3.8, 4) is 22.2 Å². The van der Waals surface area contributed by atoms with Crippen molar-refractivity contribution in [1.29, 1.82) is 0 Å². The van der Waals surface area contributed by atoms with Crippen molar-refractivity contribution < 1.29 is 28.2 Å². The number of anilines is 1. The lowest BCUT2D eigenvalue weighted by atomic mass is 10.1. The van der Waals surface area contributed by atoms with Crippen LogP contribution < -0.4 is 14.8 Å². The SMILES string of the molecule is COc1cnc2c(-c3nc4cc(F)c(O[C@H]5CCC[C@H]5OC(=O)Nc5ccc(C(C)=O)nc5)cc4s3)cc(C)cc2n1. The number of ether oxygens (including phenoxy) is 3. The maximum atomic E-state index is 15.2. The topological polar surface area (TPSA) is 125 Å². The Kier molecular flexibility index (Phi) is 7.38. The van der Waals surface area contributed by atoms with Crippen LogP contribution in [0.1, 0.15) is 42.2 Å². The number of amides is 1. The van der Waals surface area contributed by atoms with E-state index in [0.717, 1.165) is 22.2 Å². The van der Waals surface area contributed by atoms with Gasteiger partial charge in [-0.2, -0.15) is 0 Å². The summed E-state index contributed by atoms with van der Waals surface area (Å²) < 4.78 is 32.8. The molecule has 1 fully saturated rings. The number of nitrogens with zero attached hydrogens (tertiary/aromatic N) is 4. The standard InChI is InChI=1S/C30H26FN5O5S/c1-15-9-18(28-22(10-15)35-27(39-3)14-33-28)29-36-21-11-19(31)25(12-26(21)42-29)40-23-5-4-6-24(23)41-30(38)34-17-7-8-20(16(2)37)32-13-17/h7-14,23-24H,4-6H2,1-3H3,(H,34,38)/t23-,24+/m0/s1. The predicted octanol–water partition coefficient (Wildman–Crippen LogP) is 6.51. The van der Waals surface area contributed by atoms with Gasteiger partial charge in [-0.1, -0.05) is 0 Å². The second-order valence-corrected chi connectivity index (χ2v) is 11.0. The van der Waals surface area contributed by atoms with E-state index in [-0.39, 0.29) is 11.5 Å². The van der Waals surface area contributed by atoms with E-state index < -0.39 is 24.1 Å². The molecule has 1 aliphatic carbocycles. The molecule has 0 radical (unpaired) electrons. The fraction of sp³-hybridized carbons (Fsp3) is 0.267. The van der Waals surface area contributed by atoms with E-state index in [0.29, 0.717) is 51.7 Å². The number of thiazole rings is 1. The number of Topliss-reactive ketones (excluding diaryl/α,β-unsaturated/α-hetero) is 1. The van der Waals surface area contributed by atoms with Gasteiger partial charge in [0.05, 0.1) is 46.4 Å². The molecule has 1 N–H and O–H groups in total. The first-order valence-corrected chi connectivity index (χ1v) is 14.1. The highest BCUT2D eigenvalue weighted by molar-refractivity contribution is 7.21. The second-order valence-electron chi connectivity index (χ2n) is 10.0. The summed E-state index contributed by atoms with van der Waals surface area (Å²) in [5.74, 6) is -0.237. The third kappa shape index (κ3) is 5.57. The van der Waals surface area contributed by atoms with E-state index in [1.165, 1.54) is 43.7 Å². The molecule has 1 amide bonds. The van der Waals surface area contributed by atoms with Crippen LogP contribution in [0, 0.1) is 12.7 Å². The summed E-state index contributed by atoms with van der Waals surface area (Å²) >= 11 is 1.40. The Balaban J connectivity index is 1.20. The molecule has 0 saturated heterocycles. The number of halogens is 1. The highest BCUT2D eigenvalue weighted by Crippen LogP contribution is 2.38. The lowest BCUT2D eigenvalue weighted by molar-refractivity contribution is 0.0401. The number of fused-ring (bicyclic) bond motifs is 2. The highest BCUT2D eigenvalue weighted by atomic mass is 32.1. The quantitative estimate of drug-likeness (QED) is 0.212. The molecule has 214 valence electrons. The fourth-order valence-corrected chi connectivity index (χ4v) is 5.92. The minimum absolute atomic E-state index is 0.0706. The summed E-state index contributed by atoms with van der Waals surface area (Å²) in [4.78, 5) is 41.7. The molecule has 6 rings (SSSR count). The van der Waals surface area contributed by atoms with Crippen LogP contribution in [-0.4, -0.2) is 51.1 Å². The molecule has 2 aromatic carbocycles. The molecule has 0 unspecified atom stereocenters. The van der Waals surface area contributed by atoms with Crippen molar-refractivity contribution in [2.75, 3.05) is 12.4 Å². The van der Waals surface area contributed by atoms with Crippen LogP contribution in [0.3, 0.4) is 0 Å². The molecule has 12 heteroatoms. The van der Waals surface area contributed by atoms with Crippen molar-refractivity contribution in [1.82, 2.24) is 19.9 Å². The van der Waals surface area contributed by atoms with Gasteiger partial charge in [-0.05, 0) is 56.0 Å². The summed E-state index contributed by atoms with van der Waals surface area (Å²) in [6, 6.07) is 9.99. The van der Waals surface area contributed by atoms with Crippen molar-refractivity contribution in [3.63, 3.8) is 0 Å². The number of rotatable bonds is 7. The molecule has 3 aromatic heterocycles. The van der Waals surface area contributed by atoms with Crippen LogP contribution in [0.25, 0.3) is 31.8 Å². The maximum Gasteiger partial charge on any atom is 0.412 e. The van der Waals surface area contributed by atoms with E-state index in [4.69, 9.17) is 14.2 Å². The van der Waals surface area contributed by atoms with Gasteiger partial charge < -0.3 is 14.2 Å². The van der Waals surface area contributed by atoms with Gasteiger partial charge in [-0.15, -0.1) is 11.3 Å². The number of ketones is 1.